The summed E-state index contributed by atoms with van der Waals surface area (Å²) in [6, 6.07) is 27.9. The van der Waals surface area contributed by atoms with Crippen LogP contribution in [0, 0.1) is 0 Å². The monoisotopic (exact) mass is 423 g/mol. The minimum atomic E-state index is -3.97. The van der Waals surface area contributed by atoms with E-state index in [1.54, 1.807) is 0 Å². The van der Waals surface area contributed by atoms with Gasteiger partial charge < -0.3 is 0 Å². The van der Waals surface area contributed by atoms with Gasteiger partial charge in [-0.15, -0.1) is 0 Å². The third-order valence-electron chi connectivity index (χ3n) is 5.71. The van der Waals surface area contributed by atoms with Crippen molar-refractivity contribution in [3.8, 4) is 11.5 Å². The van der Waals surface area contributed by atoms with E-state index < -0.39 is 19.6 Å². The van der Waals surface area contributed by atoms with Gasteiger partial charge in [-0.2, -0.15) is 0 Å². The van der Waals surface area contributed by atoms with Crippen LogP contribution >= 0.6 is 7.43 Å². The van der Waals surface area contributed by atoms with E-state index in [1.807, 2.05) is 72.8 Å². The third-order valence-corrected chi connectivity index (χ3v) is 10.1. The Hall–Kier alpha value is -2.43. The second-order valence-electron chi connectivity index (χ2n) is 7.42. The topological polar surface area (TPSA) is 40.2 Å². The molecule has 0 radical (unpaired) electrons. The Morgan fingerprint density at radius 1 is 0.700 bits per heavy atom. The molecule has 1 saturated heterocycles. The summed E-state index contributed by atoms with van der Waals surface area (Å²) in [5, 5.41) is 0. The van der Waals surface area contributed by atoms with Crippen LogP contribution in [0.25, 0.3) is 0 Å². The van der Waals surface area contributed by atoms with Gasteiger partial charge in [-0.1, -0.05) is 0 Å². The van der Waals surface area contributed by atoms with Crippen LogP contribution in [-0.2, 0) is 9.26 Å². The molecule has 2 aliphatic heterocycles. The van der Waals surface area contributed by atoms with Gasteiger partial charge in [0, 0.05) is 0 Å². The zero-order valence-electron chi connectivity index (χ0n) is 17.2. The summed E-state index contributed by atoms with van der Waals surface area (Å²) < 4.78 is 29.3. The van der Waals surface area contributed by atoms with Gasteiger partial charge in [-0.05, 0) is 0 Å². The van der Waals surface area contributed by atoms with Crippen molar-refractivity contribution in [2.24, 2.45) is 0 Å². The van der Waals surface area contributed by atoms with Gasteiger partial charge in [0.1, 0.15) is 0 Å². The molecule has 0 N–H and O–H groups in total. The Bertz CT molecular complexity index is 1000. The van der Waals surface area contributed by atoms with Crippen LogP contribution in [0.5, 0.6) is 11.5 Å². The summed E-state index contributed by atoms with van der Waals surface area (Å²) in [6.45, 7) is 5.61. The number of benzene rings is 3. The van der Waals surface area contributed by atoms with Crippen LogP contribution in [0.4, 0.5) is 0 Å². The molecular formula is C24H26NO4P. The standard InChI is InChI=1S/C24H26NO4P/c1-3-25(4-2)30(27-21-17-11-12-18-22(21)28-30)24(20-15-9-6-10-16-20)26-23(29-30)19-13-7-5-8-14-19/h5-18,23-24H,3-4H2,1-2H3/t23-,24+/m0/s1. The van der Waals surface area contributed by atoms with Crippen LogP contribution in [0.1, 0.15) is 37.1 Å². The molecule has 0 aromatic heterocycles. The van der Waals surface area contributed by atoms with Crippen molar-refractivity contribution in [3.63, 3.8) is 0 Å². The summed E-state index contributed by atoms with van der Waals surface area (Å²) in [5.41, 5.74) is 1.92. The van der Waals surface area contributed by atoms with Crippen molar-refractivity contribution in [1.29, 1.82) is 0 Å². The predicted octanol–water partition coefficient (Wildman–Crippen LogP) is 6.46. The first-order valence-electron chi connectivity index (χ1n) is 10.4. The van der Waals surface area contributed by atoms with Crippen molar-refractivity contribution in [2.45, 2.75) is 26.0 Å². The van der Waals surface area contributed by atoms with Crippen molar-refractivity contribution in [3.05, 3.63) is 96.1 Å². The van der Waals surface area contributed by atoms with E-state index in [2.05, 4.69) is 30.7 Å². The molecule has 0 aliphatic carbocycles. The Balaban J connectivity index is 1.72. The summed E-state index contributed by atoms with van der Waals surface area (Å²) in [7, 11) is -3.97. The zero-order chi connectivity index (χ0) is 20.6. The van der Waals surface area contributed by atoms with E-state index in [0.29, 0.717) is 24.6 Å². The number of rotatable bonds is 5. The van der Waals surface area contributed by atoms with Gasteiger partial charge in [0.05, 0.1) is 0 Å². The van der Waals surface area contributed by atoms with Crippen molar-refractivity contribution in [2.75, 3.05) is 13.1 Å². The van der Waals surface area contributed by atoms with E-state index in [9.17, 15) is 0 Å². The molecule has 3 aromatic rings. The maximum absolute atomic E-state index is 6.87. The number of hydrogen-bond donors (Lipinski definition) is 0. The van der Waals surface area contributed by atoms with Crippen molar-refractivity contribution in [1.82, 2.24) is 4.67 Å². The van der Waals surface area contributed by atoms with Gasteiger partial charge >= 0.3 is 177 Å². The van der Waals surface area contributed by atoms with Crippen LogP contribution in [0.15, 0.2) is 84.9 Å². The molecule has 2 atom stereocenters. The van der Waals surface area contributed by atoms with Crippen molar-refractivity contribution < 1.29 is 18.3 Å². The second kappa shape index (κ2) is 7.36. The van der Waals surface area contributed by atoms with E-state index in [4.69, 9.17) is 18.3 Å². The van der Waals surface area contributed by atoms with Gasteiger partial charge in [0.25, 0.3) is 0 Å². The quantitative estimate of drug-likeness (QED) is 0.441. The Morgan fingerprint density at radius 2 is 1.20 bits per heavy atom. The average Bonchev–Trinajstić information content (AvgIpc) is 3.32. The molecule has 0 saturated carbocycles. The summed E-state index contributed by atoms with van der Waals surface area (Å²) in [5.74, 6) is 0.885. The van der Waals surface area contributed by atoms with Crippen molar-refractivity contribution >= 4 is 7.43 Å². The Morgan fingerprint density at radius 3 is 1.73 bits per heavy atom. The van der Waals surface area contributed by atoms with E-state index >= 15 is 0 Å². The first kappa shape index (κ1) is 19.5. The number of nitrogens with zero attached hydrogens (tertiary/aromatic N) is 1. The number of fused-ring (bicyclic) bond motifs is 1. The molecule has 0 bridgehead atoms. The fourth-order valence-electron chi connectivity index (χ4n) is 4.35. The van der Waals surface area contributed by atoms with Gasteiger partial charge in [-0.25, -0.2) is 0 Å². The molecule has 5 nitrogen and oxygen atoms in total. The second-order valence-corrected chi connectivity index (χ2v) is 10.8. The van der Waals surface area contributed by atoms with E-state index in [1.165, 1.54) is 0 Å². The molecule has 0 amide bonds. The third kappa shape index (κ3) is 2.78. The molecular weight excluding hydrogens is 397 g/mol. The fourth-order valence-corrected chi connectivity index (χ4v) is 8.99. The molecule has 1 fully saturated rings. The predicted molar refractivity (Wildman–Crippen MR) is 118 cm³/mol. The first-order chi connectivity index (χ1) is 14.7. The van der Waals surface area contributed by atoms with E-state index in [-0.39, 0.29) is 0 Å². The van der Waals surface area contributed by atoms with Gasteiger partial charge in [0.15, 0.2) is 0 Å². The SMILES string of the molecule is CCN(CC)P12(Oc3ccccc3O1)O[C@@H](c1ccccc1)O[C@H]2c1ccccc1. The first-order valence-corrected chi connectivity index (χ1v) is 12.4. The summed E-state index contributed by atoms with van der Waals surface area (Å²) in [4.78, 5) is 0. The van der Waals surface area contributed by atoms with Gasteiger partial charge in [-0.3, -0.25) is 0 Å². The maximum atomic E-state index is 6.87. The Labute approximate surface area is 177 Å². The van der Waals surface area contributed by atoms with Crippen LogP contribution in [0.3, 0.4) is 0 Å². The average molecular weight is 423 g/mol. The van der Waals surface area contributed by atoms with Crippen LogP contribution < -0.4 is 9.05 Å². The van der Waals surface area contributed by atoms with Crippen LogP contribution in [0.2, 0.25) is 0 Å². The van der Waals surface area contributed by atoms with E-state index in [0.717, 1.165) is 11.1 Å². The molecule has 6 heteroatoms. The number of ether oxygens (including phenoxy) is 1. The summed E-state index contributed by atoms with van der Waals surface area (Å²) in [6.07, 6.45) is -0.594. The molecule has 5 rings (SSSR count). The molecule has 1 spiro atoms. The normalized spacial score (nSPS) is 24.6. The number of para-hydroxylation sites is 2. The van der Waals surface area contributed by atoms with Gasteiger partial charge in [0.2, 0.25) is 0 Å². The summed E-state index contributed by atoms with van der Waals surface area (Å²) >= 11 is 0. The fraction of sp³-hybridized carbons (Fsp3) is 0.250. The molecule has 2 aliphatic rings. The molecule has 30 heavy (non-hydrogen) atoms. The molecule has 0 unspecified atom stereocenters. The number of hydrogen-bond acceptors (Lipinski definition) is 5. The molecule has 156 valence electrons. The molecule has 2 heterocycles. The molecule has 3 aromatic carbocycles. The minimum absolute atomic E-state index is 0.505. The zero-order valence-corrected chi connectivity index (χ0v) is 18.1. The van der Waals surface area contributed by atoms with Crippen LogP contribution in [-0.4, -0.2) is 17.8 Å². The Kier molecular flexibility index (Phi) is 4.79.